The predicted octanol–water partition coefficient (Wildman–Crippen LogP) is 2.16. The van der Waals surface area contributed by atoms with Crippen LogP contribution in [0.5, 0.6) is 5.75 Å². The Labute approximate surface area is 153 Å². The Hall–Kier alpha value is -2.64. The fourth-order valence-corrected chi connectivity index (χ4v) is 2.87. The number of para-hydroxylation sites is 1. The number of nitrogens with one attached hydrogen (secondary N) is 2. The number of benzene rings is 2. The van der Waals surface area contributed by atoms with Crippen LogP contribution in [0.25, 0.3) is 6.08 Å². The fraction of sp³-hybridized carbons (Fsp3) is 0.211. The van der Waals surface area contributed by atoms with Crippen molar-refractivity contribution < 1.29 is 17.9 Å². The monoisotopic (exact) mass is 374 g/mol. The van der Waals surface area contributed by atoms with Gasteiger partial charge in [-0.15, -0.1) is 0 Å². The molecule has 2 aromatic carbocycles. The van der Waals surface area contributed by atoms with Crippen molar-refractivity contribution in [2.24, 2.45) is 0 Å². The van der Waals surface area contributed by atoms with Crippen LogP contribution in [-0.2, 0) is 14.8 Å². The molecule has 0 atom stereocenters. The third kappa shape index (κ3) is 7.96. The maximum atomic E-state index is 11.9. The minimum absolute atomic E-state index is 0.0346. The van der Waals surface area contributed by atoms with Crippen LogP contribution in [0, 0.1) is 0 Å². The van der Waals surface area contributed by atoms with Gasteiger partial charge in [-0.25, -0.2) is 13.1 Å². The maximum Gasteiger partial charge on any atom is 0.233 e. The molecule has 0 fully saturated rings. The highest BCUT2D eigenvalue weighted by Crippen LogP contribution is 2.07. The minimum Gasteiger partial charge on any atom is -0.492 e. The van der Waals surface area contributed by atoms with Gasteiger partial charge >= 0.3 is 0 Å². The van der Waals surface area contributed by atoms with Crippen LogP contribution in [0.3, 0.4) is 0 Å². The van der Waals surface area contributed by atoms with Gasteiger partial charge in [0.2, 0.25) is 15.9 Å². The normalized spacial score (nSPS) is 11.4. The standard InChI is InChI=1S/C19H22N2O4S/c22-19(20-14-15-25-18-9-5-2-6-10-18)11-13-21-26(23,24)16-12-17-7-3-1-4-8-17/h1-10,12,16,21H,11,13-15H2,(H,20,22). The molecule has 2 N–H and O–H groups in total. The number of rotatable bonds is 10. The zero-order valence-corrected chi connectivity index (χ0v) is 15.1. The molecule has 0 unspecified atom stereocenters. The number of hydrogen-bond acceptors (Lipinski definition) is 4. The van der Waals surface area contributed by atoms with Crippen molar-refractivity contribution in [1.82, 2.24) is 10.0 Å². The van der Waals surface area contributed by atoms with Gasteiger partial charge in [-0.2, -0.15) is 0 Å². The molecule has 0 heterocycles. The van der Waals surface area contributed by atoms with Crippen LogP contribution in [0.2, 0.25) is 0 Å². The van der Waals surface area contributed by atoms with Crippen LogP contribution >= 0.6 is 0 Å². The zero-order chi connectivity index (χ0) is 18.7. The molecule has 26 heavy (non-hydrogen) atoms. The van der Waals surface area contributed by atoms with E-state index in [9.17, 15) is 13.2 Å². The maximum absolute atomic E-state index is 11.9. The van der Waals surface area contributed by atoms with E-state index in [1.165, 1.54) is 6.08 Å². The molecule has 0 saturated carbocycles. The Balaban J connectivity index is 1.62. The summed E-state index contributed by atoms with van der Waals surface area (Å²) in [6.07, 6.45) is 1.56. The lowest BCUT2D eigenvalue weighted by molar-refractivity contribution is -0.121. The second-order valence-electron chi connectivity index (χ2n) is 5.41. The molecule has 7 heteroatoms. The summed E-state index contributed by atoms with van der Waals surface area (Å²) in [6.45, 7) is 0.739. The smallest absolute Gasteiger partial charge is 0.233 e. The highest BCUT2D eigenvalue weighted by atomic mass is 32.2. The van der Waals surface area contributed by atoms with Crippen LogP contribution in [0.4, 0.5) is 0 Å². The number of ether oxygens (including phenoxy) is 1. The molecule has 1 amide bonds. The third-order valence-corrected chi connectivity index (χ3v) is 4.43. The predicted molar refractivity (Wildman–Crippen MR) is 102 cm³/mol. The molecule has 6 nitrogen and oxygen atoms in total. The number of amides is 1. The molecule has 0 aromatic heterocycles. The van der Waals surface area contributed by atoms with Crippen molar-refractivity contribution in [2.45, 2.75) is 6.42 Å². The molecule has 0 aliphatic rings. The summed E-state index contributed by atoms with van der Waals surface area (Å²) in [7, 11) is -3.57. The van der Waals surface area contributed by atoms with Crippen molar-refractivity contribution >= 4 is 22.0 Å². The number of carbonyl (C=O) groups is 1. The average Bonchev–Trinajstić information content (AvgIpc) is 2.65. The molecule has 138 valence electrons. The number of hydrogen-bond donors (Lipinski definition) is 2. The van der Waals surface area contributed by atoms with Crippen LogP contribution in [0.1, 0.15) is 12.0 Å². The van der Waals surface area contributed by atoms with E-state index in [2.05, 4.69) is 10.0 Å². The highest BCUT2D eigenvalue weighted by Gasteiger charge is 2.07. The third-order valence-electron chi connectivity index (χ3n) is 3.33. The van der Waals surface area contributed by atoms with Crippen LogP contribution in [0.15, 0.2) is 66.1 Å². The van der Waals surface area contributed by atoms with Crippen molar-refractivity contribution in [3.8, 4) is 5.75 Å². The molecule has 0 aliphatic heterocycles. The zero-order valence-electron chi connectivity index (χ0n) is 14.3. The number of sulfonamides is 1. The van der Waals surface area contributed by atoms with Gasteiger partial charge in [-0.1, -0.05) is 48.5 Å². The average molecular weight is 374 g/mol. The van der Waals surface area contributed by atoms with Gasteiger partial charge in [0, 0.05) is 18.4 Å². The van der Waals surface area contributed by atoms with Crippen molar-refractivity contribution in [2.75, 3.05) is 19.7 Å². The van der Waals surface area contributed by atoms with Crippen molar-refractivity contribution in [3.05, 3.63) is 71.6 Å². The molecule has 0 saturated heterocycles. The summed E-state index contributed by atoms with van der Waals surface area (Å²) in [5.74, 6) is 0.496. The summed E-state index contributed by atoms with van der Waals surface area (Å²) in [5, 5.41) is 3.77. The lowest BCUT2D eigenvalue weighted by Crippen LogP contribution is -2.32. The Morgan fingerprint density at radius 2 is 1.62 bits per heavy atom. The molecule has 0 radical (unpaired) electrons. The minimum atomic E-state index is -3.57. The van der Waals surface area contributed by atoms with Gasteiger partial charge in [-0.3, -0.25) is 4.79 Å². The lowest BCUT2D eigenvalue weighted by Gasteiger charge is -2.08. The fourth-order valence-electron chi connectivity index (χ4n) is 2.05. The van der Waals surface area contributed by atoms with E-state index in [1.54, 1.807) is 12.1 Å². The summed E-state index contributed by atoms with van der Waals surface area (Å²) in [6, 6.07) is 18.4. The van der Waals surface area contributed by atoms with Gasteiger partial charge in [0.1, 0.15) is 12.4 Å². The first kappa shape index (κ1) is 19.7. The van der Waals surface area contributed by atoms with Crippen LogP contribution < -0.4 is 14.8 Å². The van der Waals surface area contributed by atoms with E-state index in [1.807, 2.05) is 48.5 Å². The van der Waals surface area contributed by atoms with E-state index in [0.29, 0.717) is 13.2 Å². The summed E-state index contributed by atoms with van der Waals surface area (Å²) in [5.41, 5.74) is 0.786. The van der Waals surface area contributed by atoms with Gasteiger partial charge in [0.25, 0.3) is 0 Å². The summed E-state index contributed by atoms with van der Waals surface area (Å²) < 4.78 is 31.5. The first-order valence-corrected chi connectivity index (χ1v) is 9.77. The van der Waals surface area contributed by atoms with Gasteiger partial charge in [0.15, 0.2) is 0 Å². The van der Waals surface area contributed by atoms with Gasteiger partial charge < -0.3 is 10.1 Å². The molecular formula is C19H22N2O4S. The van der Waals surface area contributed by atoms with Crippen LogP contribution in [-0.4, -0.2) is 34.0 Å². The SMILES string of the molecule is O=C(CCNS(=O)(=O)C=Cc1ccccc1)NCCOc1ccccc1. The number of carbonyl (C=O) groups excluding carboxylic acids is 1. The van der Waals surface area contributed by atoms with Gasteiger partial charge in [0.05, 0.1) is 6.54 Å². The van der Waals surface area contributed by atoms with E-state index in [-0.39, 0.29) is 18.9 Å². The first-order valence-electron chi connectivity index (χ1n) is 8.22. The van der Waals surface area contributed by atoms with E-state index >= 15 is 0 Å². The summed E-state index contributed by atoms with van der Waals surface area (Å²) >= 11 is 0. The second kappa shape index (κ2) is 10.4. The molecule has 0 aliphatic carbocycles. The molecular weight excluding hydrogens is 352 g/mol. The largest absolute Gasteiger partial charge is 0.492 e. The van der Waals surface area contributed by atoms with E-state index in [4.69, 9.17) is 4.74 Å². The molecule has 0 bridgehead atoms. The van der Waals surface area contributed by atoms with E-state index in [0.717, 1.165) is 16.7 Å². The second-order valence-corrected chi connectivity index (χ2v) is 7.07. The Morgan fingerprint density at radius 1 is 0.962 bits per heavy atom. The topological polar surface area (TPSA) is 84.5 Å². The quantitative estimate of drug-likeness (QED) is 0.624. The molecule has 0 spiro atoms. The van der Waals surface area contributed by atoms with E-state index < -0.39 is 10.0 Å². The Morgan fingerprint density at radius 3 is 2.31 bits per heavy atom. The highest BCUT2D eigenvalue weighted by molar-refractivity contribution is 7.92. The first-order chi connectivity index (χ1) is 12.6. The molecule has 2 rings (SSSR count). The van der Waals surface area contributed by atoms with Gasteiger partial charge in [-0.05, 0) is 23.8 Å². The summed E-state index contributed by atoms with van der Waals surface area (Å²) in [4.78, 5) is 11.7. The molecule has 2 aromatic rings. The Bertz CT molecular complexity index is 806. The van der Waals surface area contributed by atoms with Crippen molar-refractivity contribution in [1.29, 1.82) is 0 Å². The van der Waals surface area contributed by atoms with Crippen molar-refractivity contribution in [3.63, 3.8) is 0 Å². The Kier molecular flexibility index (Phi) is 7.85. The lowest BCUT2D eigenvalue weighted by atomic mass is 10.2.